The normalized spacial score (nSPS) is 26.6. The molecule has 4 N–H and O–H groups in total. The van der Waals surface area contributed by atoms with Crippen LogP contribution in [0.3, 0.4) is 0 Å². The fraction of sp³-hybridized carbons (Fsp3) is 0.667. The maximum atomic E-state index is 11.9. The van der Waals surface area contributed by atoms with E-state index in [0.717, 1.165) is 4.90 Å². The minimum Gasteiger partial charge on any atom is -0.477 e. The van der Waals surface area contributed by atoms with Gasteiger partial charge in [-0.05, 0) is 18.9 Å². The molecule has 3 unspecified atom stereocenters. The van der Waals surface area contributed by atoms with Crippen molar-refractivity contribution in [2.45, 2.75) is 25.5 Å². The maximum Gasteiger partial charge on any atom is 0.352 e. The molecule has 2 aliphatic rings. The quantitative estimate of drug-likeness (QED) is 0.497. The summed E-state index contributed by atoms with van der Waals surface area (Å²) in [6.45, 7) is 1.42. The molecule has 0 aliphatic carbocycles. The van der Waals surface area contributed by atoms with Gasteiger partial charge in [-0.25, -0.2) is 13.2 Å². The van der Waals surface area contributed by atoms with E-state index in [2.05, 4.69) is 0 Å². The summed E-state index contributed by atoms with van der Waals surface area (Å²) in [5.41, 5.74) is 5.17. The van der Waals surface area contributed by atoms with E-state index < -0.39 is 45.5 Å². The molecule has 1 saturated heterocycles. The van der Waals surface area contributed by atoms with Gasteiger partial charge in [-0.3, -0.25) is 4.79 Å². The first-order valence-electron chi connectivity index (χ1n) is 6.56. The van der Waals surface area contributed by atoms with Crippen molar-refractivity contribution in [3.63, 3.8) is 0 Å². The van der Waals surface area contributed by atoms with Gasteiger partial charge in [0.25, 0.3) is 0 Å². The van der Waals surface area contributed by atoms with Crippen molar-refractivity contribution in [3.8, 4) is 0 Å². The number of fused-ring (bicyclic) bond motifs is 1. The van der Waals surface area contributed by atoms with E-state index in [4.69, 9.17) is 5.73 Å². The number of rotatable bonds is 6. The number of nitrogens with two attached hydrogens (primary N) is 1. The first kappa shape index (κ1) is 15.9. The van der Waals surface area contributed by atoms with E-state index in [1.165, 1.54) is 6.92 Å². The third-order valence-electron chi connectivity index (χ3n) is 3.85. The van der Waals surface area contributed by atoms with Crippen LogP contribution >= 0.6 is 0 Å². The highest BCUT2D eigenvalue weighted by Gasteiger charge is 2.56. The van der Waals surface area contributed by atoms with Crippen LogP contribution in [0.25, 0.3) is 0 Å². The number of aliphatic hydroxyl groups is 1. The Balaban J connectivity index is 2.29. The minimum atomic E-state index is -3.50. The third kappa shape index (κ3) is 2.68. The molecule has 0 aromatic heterocycles. The Labute approximate surface area is 122 Å². The van der Waals surface area contributed by atoms with Gasteiger partial charge in [0.2, 0.25) is 5.91 Å². The number of aliphatic carboxylic acids is 1. The molecule has 21 heavy (non-hydrogen) atoms. The number of nitrogens with zero attached hydrogens (tertiary/aromatic N) is 1. The Hall–Kier alpha value is -1.45. The van der Waals surface area contributed by atoms with Gasteiger partial charge < -0.3 is 20.8 Å². The molecule has 0 radical (unpaired) electrons. The molecule has 0 aromatic carbocycles. The maximum absolute atomic E-state index is 11.9. The second kappa shape index (κ2) is 5.39. The van der Waals surface area contributed by atoms with E-state index in [9.17, 15) is 28.2 Å². The zero-order valence-electron chi connectivity index (χ0n) is 11.5. The van der Waals surface area contributed by atoms with Crippen molar-refractivity contribution >= 4 is 21.7 Å². The predicted molar refractivity (Wildman–Crippen MR) is 72.8 cm³/mol. The number of amides is 1. The lowest BCUT2D eigenvalue weighted by molar-refractivity contribution is -0.161. The Bertz CT molecular complexity index is 609. The summed E-state index contributed by atoms with van der Waals surface area (Å²) in [5, 5.41) is 18.8. The number of hydrogen-bond acceptors (Lipinski definition) is 6. The molecule has 1 amide bonds. The van der Waals surface area contributed by atoms with Crippen LogP contribution in [-0.4, -0.2) is 65.6 Å². The molecule has 0 aromatic rings. The highest BCUT2D eigenvalue weighted by molar-refractivity contribution is 7.91. The molecule has 0 saturated carbocycles. The van der Waals surface area contributed by atoms with Crippen molar-refractivity contribution in [3.05, 3.63) is 11.3 Å². The van der Waals surface area contributed by atoms with Crippen LogP contribution in [-0.2, 0) is 19.4 Å². The number of carbonyl (C=O) groups is 2. The Morgan fingerprint density at radius 2 is 2.14 bits per heavy atom. The number of carboxylic acids is 1. The number of aliphatic hydroxyl groups excluding tert-OH is 1. The zero-order chi connectivity index (χ0) is 15.9. The molecule has 2 aliphatic heterocycles. The summed E-state index contributed by atoms with van der Waals surface area (Å²) >= 11 is 0. The highest BCUT2D eigenvalue weighted by Crippen LogP contribution is 2.43. The largest absolute Gasteiger partial charge is 0.477 e. The molecule has 118 valence electrons. The van der Waals surface area contributed by atoms with Gasteiger partial charge in [-0.15, -0.1) is 0 Å². The Kier molecular flexibility index (Phi) is 4.09. The van der Waals surface area contributed by atoms with Crippen LogP contribution < -0.4 is 5.73 Å². The number of carbonyl (C=O) groups excluding carboxylic acids is 1. The Morgan fingerprint density at radius 1 is 1.52 bits per heavy atom. The van der Waals surface area contributed by atoms with Gasteiger partial charge in [-0.1, -0.05) is 0 Å². The van der Waals surface area contributed by atoms with Crippen molar-refractivity contribution in [1.29, 1.82) is 0 Å². The number of hydrogen-bond donors (Lipinski definition) is 3. The molecule has 0 spiro atoms. The summed E-state index contributed by atoms with van der Waals surface area (Å²) in [4.78, 5) is 24.4. The van der Waals surface area contributed by atoms with Crippen molar-refractivity contribution < 1.29 is 28.2 Å². The van der Waals surface area contributed by atoms with Gasteiger partial charge in [0.15, 0.2) is 9.84 Å². The van der Waals surface area contributed by atoms with Crippen LogP contribution in [0.4, 0.5) is 0 Å². The molecular weight excluding hydrogens is 300 g/mol. The van der Waals surface area contributed by atoms with Gasteiger partial charge in [0, 0.05) is 6.54 Å². The van der Waals surface area contributed by atoms with E-state index in [0.29, 0.717) is 0 Å². The van der Waals surface area contributed by atoms with Crippen molar-refractivity contribution in [2.24, 2.45) is 11.7 Å². The van der Waals surface area contributed by atoms with Gasteiger partial charge in [0.1, 0.15) is 5.70 Å². The summed E-state index contributed by atoms with van der Waals surface area (Å²) in [6, 6.07) is -0.466. The van der Waals surface area contributed by atoms with Crippen LogP contribution in [0.5, 0.6) is 0 Å². The molecule has 9 heteroatoms. The first-order valence-corrected chi connectivity index (χ1v) is 8.38. The van der Waals surface area contributed by atoms with Gasteiger partial charge >= 0.3 is 5.97 Å². The van der Waals surface area contributed by atoms with E-state index >= 15 is 0 Å². The second-order valence-corrected chi connectivity index (χ2v) is 7.57. The van der Waals surface area contributed by atoms with Crippen molar-refractivity contribution in [2.75, 3.05) is 18.1 Å². The third-order valence-corrected chi connectivity index (χ3v) is 5.49. The lowest BCUT2D eigenvalue weighted by Gasteiger charge is -2.44. The average molecular weight is 318 g/mol. The average Bonchev–Trinajstić information content (AvgIpc) is 2.62. The lowest BCUT2D eigenvalue weighted by Crippen LogP contribution is -2.61. The molecule has 1 fully saturated rings. The van der Waals surface area contributed by atoms with Gasteiger partial charge in [0.05, 0.1) is 29.6 Å². The summed E-state index contributed by atoms with van der Waals surface area (Å²) in [7, 11) is -3.50. The number of carboxylic acid groups (broad SMARTS) is 1. The van der Waals surface area contributed by atoms with Crippen LogP contribution in [0.2, 0.25) is 0 Å². The van der Waals surface area contributed by atoms with Gasteiger partial charge in [-0.2, -0.15) is 0 Å². The molecule has 8 nitrogen and oxygen atoms in total. The summed E-state index contributed by atoms with van der Waals surface area (Å²) in [6.07, 6.45) is -0.735. The van der Waals surface area contributed by atoms with Crippen LogP contribution in [0.15, 0.2) is 11.3 Å². The topological polar surface area (TPSA) is 138 Å². The fourth-order valence-corrected chi connectivity index (χ4v) is 4.30. The number of β-lactam (4-membered cyclic amide) rings is 1. The van der Waals surface area contributed by atoms with E-state index in [-0.39, 0.29) is 30.0 Å². The molecule has 3 atom stereocenters. The standard InChI is InChI=1S/C12H18N2O6S/c1-6(15)9-8-4-7(5-21(19,20)3-2-13)10(12(17)18)14(8)11(9)16/h6,8-9,15H,2-5,13H2,1H3,(H,17,18). The molecular formula is C12H18N2O6S. The summed E-state index contributed by atoms with van der Waals surface area (Å²) in [5.74, 6) is -3.12. The Morgan fingerprint density at radius 3 is 2.62 bits per heavy atom. The second-order valence-electron chi connectivity index (χ2n) is 5.38. The SMILES string of the molecule is CC(O)C1C(=O)N2C(C(=O)O)=C(CS(=O)(=O)CCN)CC12. The van der Waals surface area contributed by atoms with E-state index in [1.807, 2.05) is 0 Å². The van der Waals surface area contributed by atoms with E-state index in [1.54, 1.807) is 0 Å². The molecule has 0 bridgehead atoms. The lowest BCUT2D eigenvalue weighted by atomic mass is 9.83. The summed E-state index contributed by atoms with van der Waals surface area (Å²) < 4.78 is 23.7. The van der Waals surface area contributed by atoms with Crippen LogP contribution in [0, 0.1) is 5.92 Å². The smallest absolute Gasteiger partial charge is 0.352 e. The fourth-order valence-electron chi connectivity index (χ4n) is 3.01. The molecule has 2 rings (SSSR count). The minimum absolute atomic E-state index is 0.0413. The van der Waals surface area contributed by atoms with Crippen LogP contribution in [0.1, 0.15) is 13.3 Å². The molecule has 2 heterocycles. The first-order chi connectivity index (χ1) is 9.69. The zero-order valence-corrected chi connectivity index (χ0v) is 12.3. The number of sulfone groups is 1. The van der Waals surface area contributed by atoms with Crippen molar-refractivity contribution in [1.82, 2.24) is 4.90 Å². The predicted octanol–water partition coefficient (Wildman–Crippen LogP) is -1.69. The monoisotopic (exact) mass is 318 g/mol. The highest BCUT2D eigenvalue weighted by atomic mass is 32.2.